The molecule has 0 saturated carbocycles. The summed E-state index contributed by atoms with van der Waals surface area (Å²) < 4.78 is 44.7. The van der Waals surface area contributed by atoms with E-state index in [0.29, 0.717) is 35.4 Å². The highest BCUT2D eigenvalue weighted by atomic mass is 35.5. The van der Waals surface area contributed by atoms with Gasteiger partial charge in [-0.1, -0.05) is 23.2 Å². The van der Waals surface area contributed by atoms with Crippen molar-refractivity contribution in [3.63, 3.8) is 0 Å². The molecule has 2 heterocycles. The van der Waals surface area contributed by atoms with Crippen molar-refractivity contribution in [3.05, 3.63) is 52.0 Å². The number of fused-ring (bicyclic) bond motifs is 1. The molecule has 0 unspecified atom stereocenters. The van der Waals surface area contributed by atoms with Gasteiger partial charge in [-0.2, -0.15) is 8.78 Å². The third kappa shape index (κ3) is 3.55. The summed E-state index contributed by atoms with van der Waals surface area (Å²) in [5, 5.41) is 6.38. The molecule has 0 bridgehead atoms. The molecule has 3 aromatic rings. The molecular formula is C18H13Cl2F3N4O. The van der Waals surface area contributed by atoms with E-state index >= 15 is 0 Å². The third-order valence-corrected chi connectivity index (χ3v) is 5.27. The Morgan fingerprint density at radius 3 is 2.64 bits per heavy atom. The summed E-state index contributed by atoms with van der Waals surface area (Å²) in [7, 11) is 0. The first kappa shape index (κ1) is 19.0. The number of hydrogen-bond donors (Lipinski definition) is 2. The predicted molar refractivity (Wildman–Crippen MR) is 101 cm³/mol. The van der Waals surface area contributed by atoms with Crippen LogP contribution < -0.4 is 15.4 Å². The number of anilines is 2. The van der Waals surface area contributed by atoms with Crippen LogP contribution in [0.25, 0.3) is 10.9 Å². The number of alkyl halides is 2. The minimum Gasteiger partial charge on any atom is -0.434 e. The van der Waals surface area contributed by atoms with Gasteiger partial charge in [0.05, 0.1) is 21.2 Å². The van der Waals surface area contributed by atoms with Gasteiger partial charge in [-0.15, -0.1) is 0 Å². The monoisotopic (exact) mass is 428 g/mol. The Balaban J connectivity index is 1.80. The molecule has 1 aliphatic heterocycles. The lowest BCUT2D eigenvalue weighted by atomic mass is 9.91. The number of aromatic nitrogens is 2. The van der Waals surface area contributed by atoms with Gasteiger partial charge < -0.3 is 15.4 Å². The van der Waals surface area contributed by atoms with Crippen molar-refractivity contribution in [1.82, 2.24) is 15.3 Å². The van der Waals surface area contributed by atoms with Gasteiger partial charge in [0.2, 0.25) is 0 Å². The Bertz CT molecular complexity index is 1050. The fraction of sp³-hybridized carbons (Fsp3) is 0.222. The quantitative estimate of drug-likeness (QED) is 0.553. The van der Waals surface area contributed by atoms with E-state index in [9.17, 15) is 13.2 Å². The first-order chi connectivity index (χ1) is 13.4. The second-order valence-corrected chi connectivity index (χ2v) is 7.00. The Labute approximate surface area is 167 Å². The van der Waals surface area contributed by atoms with Gasteiger partial charge in [0.15, 0.2) is 5.82 Å². The minimum atomic E-state index is -2.95. The van der Waals surface area contributed by atoms with Crippen molar-refractivity contribution >= 4 is 45.6 Å². The Morgan fingerprint density at radius 2 is 1.96 bits per heavy atom. The lowest BCUT2D eigenvalue weighted by Gasteiger charge is -2.29. The summed E-state index contributed by atoms with van der Waals surface area (Å²) in [6.45, 7) is -1.67. The van der Waals surface area contributed by atoms with Gasteiger partial charge in [-0.05, 0) is 18.2 Å². The highest BCUT2D eigenvalue weighted by Gasteiger charge is 2.25. The Kier molecular flexibility index (Phi) is 5.18. The maximum absolute atomic E-state index is 14.4. The molecule has 0 amide bonds. The van der Waals surface area contributed by atoms with Crippen LogP contribution in [0, 0.1) is 5.82 Å². The Morgan fingerprint density at radius 1 is 1.18 bits per heavy atom. The highest BCUT2D eigenvalue weighted by Crippen LogP contribution is 2.37. The fourth-order valence-corrected chi connectivity index (χ4v) is 3.29. The zero-order valence-electron chi connectivity index (χ0n) is 14.1. The molecule has 1 fully saturated rings. The van der Waals surface area contributed by atoms with E-state index in [-0.39, 0.29) is 27.4 Å². The van der Waals surface area contributed by atoms with Crippen molar-refractivity contribution in [2.24, 2.45) is 0 Å². The molecule has 4 rings (SSSR count). The van der Waals surface area contributed by atoms with Crippen molar-refractivity contribution in [2.45, 2.75) is 12.5 Å². The molecule has 28 heavy (non-hydrogen) atoms. The smallest absolute Gasteiger partial charge is 0.387 e. The maximum atomic E-state index is 14.4. The third-order valence-electron chi connectivity index (χ3n) is 4.49. The van der Waals surface area contributed by atoms with Crippen LogP contribution in [-0.2, 0) is 0 Å². The number of halogens is 5. The molecule has 0 radical (unpaired) electrons. The molecule has 2 N–H and O–H groups in total. The number of nitrogens with one attached hydrogen (secondary N) is 2. The fourth-order valence-electron chi connectivity index (χ4n) is 2.98. The molecule has 1 saturated heterocycles. The number of hydrogen-bond acceptors (Lipinski definition) is 5. The molecule has 5 nitrogen and oxygen atoms in total. The highest BCUT2D eigenvalue weighted by molar-refractivity contribution is 6.42. The summed E-state index contributed by atoms with van der Waals surface area (Å²) in [4.78, 5) is 8.28. The average Bonchev–Trinajstić information content (AvgIpc) is 2.61. The van der Waals surface area contributed by atoms with Crippen LogP contribution in [0.1, 0.15) is 11.5 Å². The van der Waals surface area contributed by atoms with Crippen LogP contribution in [0.4, 0.5) is 24.7 Å². The van der Waals surface area contributed by atoms with Crippen LogP contribution in [0.2, 0.25) is 10.0 Å². The van der Waals surface area contributed by atoms with Gasteiger partial charge in [-0.3, -0.25) is 0 Å². The second kappa shape index (κ2) is 7.62. The molecule has 0 atom stereocenters. The van der Waals surface area contributed by atoms with Crippen LogP contribution in [-0.4, -0.2) is 29.7 Å². The molecule has 146 valence electrons. The first-order valence-electron chi connectivity index (χ1n) is 8.28. The van der Waals surface area contributed by atoms with Crippen molar-refractivity contribution < 1.29 is 17.9 Å². The largest absolute Gasteiger partial charge is 0.434 e. The van der Waals surface area contributed by atoms with Crippen molar-refractivity contribution in [2.75, 3.05) is 18.4 Å². The van der Waals surface area contributed by atoms with Crippen LogP contribution >= 0.6 is 23.2 Å². The van der Waals surface area contributed by atoms with Crippen molar-refractivity contribution in [3.8, 4) is 5.75 Å². The summed E-state index contributed by atoms with van der Waals surface area (Å²) in [6.07, 6.45) is 1.25. The zero-order valence-corrected chi connectivity index (χ0v) is 15.7. The number of rotatable bonds is 5. The predicted octanol–water partition coefficient (Wildman–Crippen LogP) is 5.11. The van der Waals surface area contributed by atoms with E-state index in [1.165, 1.54) is 24.5 Å². The van der Waals surface area contributed by atoms with Gasteiger partial charge in [0.25, 0.3) is 0 Å². The Hall–Kier alpha value is -2.29. The van der Waals surface area contributed by atoms with E-state index in [4.69, 9.17) is 23.2 Å². The van der Waals surface area contributed by atoms with Crippen molar-refractivity contribution in [1.29, 1.82) is 0 Å². The van der Waals surface area contributed by atoms with E-state index in [2.05, 4.69) is 25.3 Å². The molecule has 1 aliphatic rings. The van der Waals surface area contributed by atoms with Gasteiger partial charge in [0.1, 0.15) is 17.9 Å². The SMILES string of the molecule is Fc1c(Nc2ncnc3cc(OC(F)F)c(C4CNC4)cc23)ccc(Cl)c1Cl. The topological polar surface area (TPSA) is 59.1 Å². The van der Waals surface area contributed by atoms with Gasteiger partial charge in [-0.25, -0.2) is 14.4 Å². The van der Waals surface area contributed by atoms with Gasteiger partial charge >= 0.3 is 6.61 Å². The average molecular weight is 429 g/mol. The van der Waals surface area contributed by atoms with Gasteiger partial charge in [0, 0.05) is 36.0 Å². The van der Waals surface area contributed by atoms with E-state index in [1.807, 2.05) is 0 Å². The maximum Gasteiger partial charge on any atom is 0.387 e. The lowest BCUT2D eigenvalue weighted by molar-refractivity contribution is -0.0506. The van der Waals surface area contributed by atoms with E-state index < -0.39 is 12.4 Å². The van der Waals surface area contributed by atoms with E-state index in [1.54, 1.807) is 6.07 Å². The first-order valence-corrected chi connectivity index (χ1v) is 9.04. The second-order valence-electron chi connectivity index (χ2n) is 6.21. The molecule has 0 aliphatic carbocycles. The number of benzene rings is 2. The van der Waals surface area contributed by atoms with Crippen LogP contribution in [0.15, 0.2) is 30.6 Å². The normalized spacial score (nSPS) is 14.4. The standard InChI is InChI=1S/C18H13Cl2F3N4O/c19-11-1-2-12(16(21)15(11)20)27-17-10-3-9(8-5-24-6-8)14(28-18(22)23)4-13(10)25-7-26-17/h1-4,7-8,18,24H,5-6H2,(H,25,26,27). The number of nitrogens with zero attached hydrogens (tertiary/aromatic N) is 2. The van der Waals surface area contributed by atoms with E-state index in [0.717, 1.165) is 0 Å². The molecular weight excluding hydrogens is 416 g/mol. The van der Waals surface area contributed by atoms with Crippen LogP contribution in [0.5, 0.6) is 5.75 Å². The molecule has 0 spiro atoms. The molecule has 1 aromatic heterocycles. The number of ether oxygens (including phenoxy) is 1. The summed E-state index contributed by atoms with van der Waals surface area (Å²) in [6, 6.07) is 6.02. The zero-order chi connectivity index (χ0) is 19.8. The summed E-state index contributed by atoms with van der Waals surface area (Å²) in [5.74, 6) is -0.325. The van der Waals surface area contributed by atoms with Crippen LogP contribution in [0.3, 0.4) is 0 Å². The molecule has 10 heteroatoms. The lowest BCUT2D eigenvalue weighted by Crippen LogP contribution is -2.40. The summed E-state index contributed by atoms with van der Waals surface area (Å²) in [5.41, 5.74) is 1.07. The minimum absolute atomic E-state index is 0.0212. The molecule has 2 aromatic carbocycles. The summed E-state index contributed by atoms with van der Waals surface area (Å²) >= 11 is 11.7.